The minimum absolute atomic E-state index is 0.239. The number of benzene rings is 2. The molecule has 3 aromatic rings. The molecule has 1 fully saturated rings. The van der Waals surface area contributed by atoms with Gasteiger partial charge in [0, 0.05) is 10.8 Å². The smallest absolute Gasteiger partial charge is 0.182 e. The van der Waals surface area contributed by atoms with Gasteiger partial charge in [0.1, 0.15) is 0 Å². The number of halogens is 2. The van der Waals surface area contributed by atoms with Crippen LogP contribution in [-0.4, -0.2) is 13.2 Å². The highest BCUT2D eigenvalue weighted by Gasteiger charge is 2.22. The van der Waals surface area contributed by atoms with E-state index in [1.54, 1.807) is 12.1 Å². The van der Waals surface area contributed by atoms with Gasteiger partial charge in [0.05, 0.1) is 22.6 Å². The molecule has 0 radical (unpaired) electrons. The van der Waals surface area contributed by atoms with E-state index < -0.39 is 5.82 Å². The summed E-state index contributed by atoms with van der Waals surface area (Å²) >= 11 is 1.14. The summed E-state index contributed by atoms with van der Waals surface area (Å²) in [6.07, 6.45) is 9.24. The molecule has 1 aliphatic carbocycles. The molecule has 0 saturated heterocycles. The highest BCUT2D eigenvalue weighted by atomic mass is 32.1. The Morgan fingerprint density at radius 1 is 0.806 bits per heavy atom. The molecule has 1 aliphatic rings. The molecule has 2 nitrogen and oxygen atoms in total. The minimum Gasteiger partial charge on any atom is -0.490 e. The van der Waals surface area contributed by atoms with Crippen LogP contribution in [-0.2, 0) is 0 Å². The second-order valence-corrected chi connectivity index (χ2v) is 9.82. The van der Waals surface area contributed by atoms with Gasteiger partial charge < -0.3 is 9.47 Å². The van der Waals surface area contributed by atoms with Crippen molar-refractivity contribution in [2.45, 2.75) is 65.2 Å². The molecule has 0 aliphatic heterocycles. The van der Waals surface area contributed by atoms with E-state index in [4.69, 9.17) is 9.47 Å². The maximum atomic E-state index is 15.2. The molecule has 1 aromatic heterocycles. The van der Waals surface area contributed by atoms with Crippen molar-refractivity contribution < 1.29 is 18.3 Å². The Hall–Kier alpha value is -1.88. The van der Waals surface area contributed by atoms with Gasteiger partial charge in [-0.2, -0.15) is 0 Å². The lowest BCUT2D eigenvalue weighted by Gasteiger charge is -2.28. The summed E-state index contributed by atoms with van der Waals surface area (Å²) in [6.45, 7) is 5.34. The first-order chi connectivity index (χ1) is 15.1. The van der Waals surface area contributed by atoms with Crippen molar-refractivity contribution in [3.63, 3.8) is 0 Å². The lowest BCUT2D eigenvalue weighted by molar-refractivity contribution is 0.175. The SMILES string of the molecule is CCCCOc1ccc2c(sc3c(F)c(OC[C@H]4CC[C@H](CCC)CC4)ccc32)c1F. The van der Waals surface area contributed by atoms with Crippen LogP contribution in [0.5, 0.6) is 11.5 Å². The number of rotatable bonds is 9. The number of thiophene rings is 1. The molecule has 0 spiro atoms. The Kier molecular flexibility index (Phi) is 7.31. The van der Waals surface area contributed by atoms with Gasteiger partial charge in [-0.05, 0) is 55.4 Å². The van der Waals surface area contributed by atoms with Crippen LogP contribution in [0, 0.1) is 23.5 Å². The van der Waals surface area contributed by atoms with E-state index in [2.05, 4.69) is 13.8 Å². The largest absolute Gasteiger partial charge is 0.490 e. The van der Waals surface area contributed by atoms with Gasteiger partial charge in [-0.1, -0.05) is 46.0 Å². The van der Waals surface area contributed by atoms with Crippen molar-refractivity contribution in [1.82, 2.24) is 0 Å². The van der Waals surface area contributed by atoms with Crippen LogP contribution in [0.4, 0.5) is 8.78 Å². The normalized spacial score (nSPS) is 19.2. The maximum Gasteiger partial charge on any atom is 0.182 e. The highest BCUT2D eigenvalue weighted by molar-refractivity contribution is 7.25. The predicted molar refractivity (Wildman–Crippen MR) is 126 cm³/mol. The third-order valence-corrected chi connectivity index (χ3v) is 7.72. The molecule has 5 heteroatoms. The van der Waals surface area contributed by atoms with E-state index in [9.17, 15) is 4.39 Å². The number of hydrogen-bond donors (Lipinski definition) is 0. The molecule has 2 aromatic carbocycles. The Morgan fingerprint density at radius 3 is 1.97 bits per heavy atom. The first kappa shape index (κ1) is 22.3. The summed E-state index contributed by atoms with van der Waals surface area (Å²) in [4.78, 5) is 0. The van der Waals surface area contributed by atoms with Crippen molar-refractivity contribution in [1.29, 1.82) is 0 Å². The van der Waals surface area contributed by atoms with Gasteiger partial charge in [-0.25, -0.2) is 8.78 Å². The van der Waals surface area contributed by atoms with Crippen molar-refractivity contribution in [3.8, 4) is 11.5 Å². The van der Waals surface area contributed by atoms with Gasteiger partial charge in [0.2, 0.25) is 0 Å². The second-order valence-electron chi connectivity index (χ2n) is 8.80. The van der Waals surface area contributed by atoms with Crippen LogP contribution in [0.3, 0.4) is 0 Å². The number of hydrogen-bond acceptors (Lipinski definition) is 3. The molecule has 0 bridgehead atoms. The summed E-state index contributed by atoms with van der Waals surface area (Å²) in [6, 6.07) is 7.02. The van der Waals surface area contributed by atoms with E-state index in [-0.39, 0.29) is 17.3 Å². The van der Waals surface area contributed by atoms with Gasteiger partial charge in [-0.15, -0.1) is 11.3 Å². The predicted octanol–water partition coefficient (Wildman–Crippen LogP) is 8.50. The molecule has 0 atom stereocenters. The Balaban J connectivity index is 1.50. The average molecular weight is 447 g/mol. The average Bonchev–Trinajstić information content (AvgIpc) is 3.17. The van der Waals surface area contributed by atoms with E-state index in [0.29, 0.717) is 28.5 Å². The zero-order valence-electron chi connectivity index (χ0n) is 18.5. The van der Waals surface area contributed by atoms with E-state index in [1.165, 1.54) is 25.7 Å². The number of unbranched alkanes of at least 4 members (excludes halogenated alkanes) is 1. The minimum atomic E-state index is -0.402. The summed E-state index contributed by atoms with van der Waals surface area (Å²) in [5, 5.41) is 1.45. The lowest BCUT2D eigenvalue weighted by atomic mass is 9.80. The molecule has 0 amide bonds. The number of fused-ring (bicyclic) bond motifs is 3. The van der Waals surface area contributed by atoms with Crippen LogP contribution < -0.4 is 9.47 Å². The van der Waals surface area contributed by atoms with Crippen LogP contribution in [0.2, 0.25) is 0 Å². The standard InChI is InChI=1S/C26H32F2O2S/c1-3-5-15-29-21-13-11-19-20-12-14-22(24(28)26(20)31-25(19)23(21)27)30-16-18-9-7-17(6-4-2)8-10-18/h11-14,17-18H,3-10,15-16H2,1-2H3/t17-,18-. The second kappa shape index (κ2) is 10.2. The van der Waals surface area contributed by atoms with Crippen molar-refractivity contribution in [3.05, 3.63) is 35.9 Å². The molecular formula is C26H32F2O2S. The maximum absolute atomic E-state index is 15.2. The quantitative estimate of drug-likeness (QED) is 0.307. The Morgan fingerprint density at radius 2 is 1.39 bits per heavy atom. The van der Waals surface area contributed by atoms with Gasteiger partial charge >= 0.3 is 0 Å². The molecular weight excluding hydrogens is 414 g/mol. The first-order valence-electron chi connectivity index (χ1n) is 11.7. The molecule has 168 valence electrons. The molecule has 0 N–H and O–H groups in total. The molecule has 31 heavy (non-hydrogen) atoms. The molecule has 0 unspecified atom stereocenters. The zero-order valence-corrected chi connectivity index (χ0v) is 19.3. The number of ether oxygens (including phenoxy) is 2. The van der Waals surface area contributed by atoms with Crippen LogP contribution in [0.1, 0.15) is 65.2 Å². The Bertz CT molecular complexity index is 1020. The Labute approximate surface area is 187 Å². The van der Waals surface area contributed by atoms with Crippen molar-refractivity contribution in [2.75, 3.05) is 13.2 Å². The van der Waals surface area contributed by atoms with Gasteiger partial charge in [-0.3, -0.25) is 0 Å². The van der Waals surface area contributed by atoms with Crippen LogP contribution in [0.25, 0.3) is 20.2 Å². The molecule has 1 saturated carbocycles. The summed E-state index contributed by atoms with van der Waals surface area (Å²) < 4.78 is 42.6. The zero-order chi connectivity index (χ0) is 21.8. The fourth-order valence-electron chi connectivity index (χ4n) is 4.65. The topological polar surface area (TPSA) is 18.5 Å². The van der Waals surface area contributed by atoms with E-state index in [1.807, 2.05) is 12.1 Å². The summed E-state index contributed by atoms with van der Waals surface area (Å²) in [5.41, 5.74) is 0. The molecule has 4 rings (SSSR count). The van der Waals surface area contributed by atoms with Crippen LogP contribution >= 0.6 is 11.3 Å². The lowest BCUT2D eigenvalue weighted by Crippen LogP contribution is -2.20. The summed E-state index contributed by atoms with van der Waals surface area (Å²) in [5.74, 6) is 1.06. The van der Waals surface area contributed by atoms with E-state index in [0.717, 1.165) is 53.7 Å². The van der Waals surface area contributed by atoms with Gasteiger partial charge in [0.25, 0.3) is 0 Å². The molecule has 1 heterocycles. The first-order valence-corrected chi connectivity index (χ1v) is 12.5. The van der Waals surface area contributed by atoms with Gasteiger partial charge in [0.15, 0.2) is 23.1 Å². The third kappa shape index (κ3) is 4.82. The fourth-order valence-corrected chi connectivity index (χ4v) is 5.81. The van der Waals surface area contributed by atoms with Crippen LogP contribution in [0.15, 0.2) is 24.3 Å². The third-order valence-electron chi connectivity index (χ3n) is 6.51. The van der Waals surface area contributed by atoms with Crippen molar-refractivity contribution >= 4 is 31.5 Å². The van der Waals surface area contributed by atoms with Crippen molar-refractivity contribution in [2.24, 2.45) is 11.8 Å². The summed E-state index contributed by atoms with van der Waals surface area (Å²) in [7, 11) is 0. The van der Waals surface area contributed by atoms with E-state index >= 15 is 4.39 Å². The highest BCUT2D eigenvalue weighted by Crippen LogP contribution is 2.42. The fraction of sp³-hybridized carbons (Fsp3) is 0.538. The monoisotopic (exact) mass is 446 g/mol.